The fourth-order valence-electron chi connectivity index (χ4n) is 2.25. The molecule has 1 aromatic carbocycles. The SMILES string of the molecule is CC(CC(F)(F)F)N1Cc2cccc(N)c2C1. The summed E-state index contributed by atoms with van der Waals surface area (Å²) in [6.07, 6.45) is -4.89. The van der Waals surface area contributed by atoms with Crippen LogP contribution in [-0.2, 0) is 13.1 Å². The van der Waals surface area contributed by atoms with Gasteiger partial charge >= 0.3 is 6.18 Å². The minimum Gasteiger partial charge on any atom is -0.398 e. The van der Waals surface area contributed by atoms with Crippen molar-refractivity contribution in [1.82, 2.24) is 4.90 Å². The zero-order valence-corrected chi connectivity index (χ0v) is 9.59. The van der Waals surface area contributed by atoms with Gasteiger partial charge in [0, 0.05) is 24.8 Å². The second-order valence-electron chi connectivity index (χ2n) is 4.56. The van der Waals surface area contributed by atoms with E-state index >= 15 is 0 Å². The van der Waals surface area contributed by atoms with Crippen molar-refractivity contribution in [2.45, 2.75) is 38.7 Å². The summed E-state index contributed by atoms with van der Waals surface area (Å²) in [4.78, 5) is 1.81. The van der Waals surface area contributed by atoms with Crippen LogP contribution in [0.2, 0.25) is 0 Å². The van der Waals surface area contributed by atoms with Crippen LogP contribution in [-0.4, -0.2) is 17.1 Å². The molecule has 2 rings (SSSR count). The molecule has 2 N–H and O–H groups in total. The van der Waals surface area contributed by atoms with Gasteiger partial charge in [-0.1, -0.05) is 12.1 Å². The van der Waals surface area contributed by atoms with Crippen molar-refractivity contribution < 1.29 is 13.2 Å². The number of halogens is 3. The molecule has 1 atom stereocenters. The lowest BCUT2D eigenvalue weighted by molar-refractivity contribution is -0.146. The van der Waals surface area contributed by atoms with E-state index in [9.17, 15) is 13.2 Å². The van der Waals surface area contributed by atoms with Crippen molar-refractivity contribution in [3.63, 3.8) is 0 Å². The van der Waals surface area contributed by atoms with E-state index in [1.54, 1.807) is 13.0 Å². The summed E-state index contributed by atoms with van der Waals surface area (Å²) in [5.74, 6) is 0. The second kappa shape index (κ2) is 4.22. The minimum absolute atomic E-state index is 0.512. The molecular formula is C12H15F3N2. The van der Waals surface area contributed by atoms with E-state index in [0.717, 1.165) is 11.1 Å². The normalized spacial score (nSPS) is 18.1. The lowest BCUT2D eigenvalue weighted by Gasteiger charge is -2.24. The maximum Gasteiger partial charge on any atom is 0.390 e. The molecular weight excluding hydrogens is 229 g/mol. The molecule has 17 heavy (non-hydrogen) atoms. The molecule has 1 aliphatic rings. The standard InChI is InChI=1S/C12H15F3N2/c1-8(5-12(13,14)15)17-6-9-3-2-4-11(16)10(9)7-17/h2-4,8H,5-7,16H2,1H3. The summed E-state index contributed by atoms with van der Waals surface area (Å²) in [5, 5.41) is 0. The Morgan fingerprint density at radius 2 is 2.06 bits per heavy atom. The predicted octanol–water partition coefficient (Wildman–Crippen LogP) is 2.93. The molecule has 1 aliphatic heterocycles. The maximum absolute atomic E-state index is 12.3. The Bertz CT molecular complexity index is 415. The van der Waals surface area contributed by atoms with Crippen molar-refractivity contribution in [1.29, 1.82) is 0 Å². The van der Waals surface area contributed by atoms with Gasteiger partial charge in [0.05, 0.1) is 6.42 Å². The first-order chi connectivity index (χ1) is 7.87. The zero-order valence-electron chi connectivity index (χ0n) is 9.59. The largest absolute Gasteiger partial charge is 0.398 e. The van der Waals surface area contributed by atoms with Gasteiger partial charge in [0.2, 0.25) is 0 Å². The lowest BCUT2D eigenvalue weighted by Crippen LogP contribution is -2.32. The highest BCUT2D eigenvalue weighted by Gasteiger charge is 2.34. The van der Waals surface area contributed by atoms with Crippen molar-refractivity contribution >= 4 is 5.69 Å². The molecule has 2 nitrogen and oxygen atoms in total. The van der Waals surface area contributed by atoms with Crippen LogP contribution in [0.1, 0.15) is 24.5 Å². The highest BCUT2D eigenvalue weighted by atomic mass is 19.4. The molecule has 0 saturated heterocycles. The molecule has 0 aliphatic carbocycles. The van der Waals surface area contributed by atoms with Crippen LogP contribution < -0.4 is 5.73 Å². The number of hydrogen-bond acceptors (Lipinski definition) is 2. The van der Waals surface area contributed by atoms with E-state index in [1.807, 2.05) is 17.0 Å². The number of nitrogens with two attached hydrogens (primary N) is 1. The van der Waals surface area contributed by atoms with E-state index in [-0.39, 0.29) is 0 Å². The third kappa shape index (κ3) is 2.72. The van der Waals surface area contributed by atoms with Gasteiger partial charge < -0.3 is 5.73 Å². The number of rotatable bonds is 2. The van der Waals surface area contributed by atoms with E-state index in [4.69, 9.17) is 5.73 Å². The maximum atomic E-state index is 12.3. The number of benzene rings is 1. The number of alkyl halides is 3. The second-order valence-corrected chi connectivity index (χ2v) is 4.56. The topological polar surface area (TPSA) is 29.3 Å². The molecule has 94 valence electrons. The summed E-state index contributed by atoms with van der Waals surface area (Å²) in [5.41, 5.74) is 8.50. The molecule has 0 fully saturated rings. The Morgan fingerprint density at radius 3 is 2.65 bits per heavy atom. The van der Waals surface area contributed by atoms with E-state index in [0.29, 0.717) is 18.8 Å². The summed E-state index contributed by atoms with van der Waals surface area (Å²) >= 11 is 0. The van der Waals surface area contributed by atoms with Gasteiger partial charge in [-0.2, -0.15) is 13.2 Å². The fourth-order valence-corrected chi connectivity index (χ4v) is 2.25. The summed E-state index contributed by atoms with van der Waals surface area (Å²) in [6, 6.07) is 5.04. The van der Waals surface area contributed by atoms with Crippen LogP contribution in [0.4, 0.5) is 18.9 Å². The zero-order chi connectivity index (χ0) is 12.6. The van der Waals surface area contributed by atoms with Crippen LogP contribution in [0.25, 0.3) is 0 Å². The molecule has 5 heteroatoms. The molecule has 0 aromatic heterocycles. The third-order valence-corrected chi connectivity index (χ3v) is 3.19. The molecule has 1 unspecified atom stereocenters. The van der Waals surface area contributed by atoms with Crippen LogP contribution >= 0.6 is 0 Å². The van der Waals surface area contributed by atoms with Gasteiger partial charge in [-0.15, -0.1) is 0 Å². The highest BCUT2D eigenvalue weighted by molar-refractivity contribution is 5.52. The molecule has 0 spiro atoms. The van der Waals surface area contributed by atoms with Gasteiger partial charge in [0.25, 0.3) is 0 Å². The monoisotopic (exact) mass is 244 g/mol. The Morgan fingerprint density at radius 1 is 1.35 bits per heavy atom. The smallest absolute Gasteiger partial charge is 0.390 e. The summed E-state index contributed by atoms with van der Waals surface area (Å²) < 4.78 is 36.9. The average Bonchev–Trinajstić information content (AvgIpc) is 2.60. The molecule has 1 aromatic rings. The summed E-state index contributed by atoms with van der Waals surface area (Å²) in [6.45, 7) is 2.67. The molecule has 0 radical (unpaired) electrons. The van der Waals surface area contributed by atoms with E-state index < -0.39 is 18.6 Å². The van der Waals surface area contributed by atoms with Crippen molar-refractivity contribution in [2.24, 2.45) is 0 Å². The third-order valence-electron chi connectivity index (χ3n) is 3.19. The Kier molecular flexibility index (Phi) is 3.03. The highest BCUT2D eigenvalue weighted by Crippen LogP contribution is 2.32. The van der Waals surface area contributed by atoms with E-state index in [2.05, 4.69) is 0 Å². The van der Waals surface area contributed by atoms with Crippen LogP contribution in [0.3, 0.4) is 0 Å². The van der Waals surface area contributed by atoms with Crippen LogP contribution in [0.5, 0.6) is 0 Å². The van der Waals surface area contributed by atoms with Crippen LogP contribution in [0, 0.1) is 0 Å². The number of nitrogen functional groups attached to an aromatic ring is 1. The Balaban J connectivity index is 2.07. The molecule has 0 amide bonds. The number of nitrogens with zero attached hydrogens (tertiary/aromatic N) is 1. The molecule has 0 bridgehead atoms. The molecule has 0 saturated carbocycles. The van der Waals surface area contributed by atoms with Gasteiger partial charge in [-0.25, -0.2) is 0 Å². The van der Waals surface area contributed by atoms with Gasteiger partial charge in [-0.05, 0) is 24.1 Å². The quantitative estimate of drug-likeness (QED) is 0.810. The Labute approximate surface area is 98.2 Å². The van der Waals surface area contributed by atoms with Gasteiger partial charge in [0.1, 0.15) is 0 Å². The van der Waals surface area contributed by atoms with Crippen molar-refractivity contribution in [3.05, 3.63) is 29.3 Å². The first-order valence-corrected chi connectivity index (χ1v) is 5.54. The predicted molar refractivity (Wildman–Crippen MR) is 60.2 cm³/mol. The van der Waals surface area contributed by atoms with Crippen molar-refractivity contribution in [3.8, 4) is 0 Å². The van der Waals surface area contributed by atoms with Crippen molar-refractivity contribution in [2.75, 3.05) is 5.73 Å². The number of hydrogen-bond donors (Lipinski definition) is 1. The first kappa shape index (κ1) is 12.2. The Hall–Kier alpha value is -1.23. The van der Waals surface area contributed by atoms with Crippen LogP contribution in [0.15, 0.2) is 18.2 Å². The number of fused-ring (bicyclic) bond motifs is 1. The minimum atomic E-state index is -4.11. The van der Waals surface area contributed by atoms with Gasteiger partial charge in [-0.3, -0.25) is 4.90 Å². The van der Waals surface area contributed by atoms with Gasteiger partial charge in [0.15, 0.2) is 0 Å². The first-order valence-electron chi connectivity index (χ1n) is 5.54. The lowest BCUT2D eigenvalue weighted by atomic mass is 10.1. The summed E-state index contributed by atoms with van der Waals surface area (Å²) in [7, 11) is 0. The number of anilines is 1. The average molecular weight is 244 g/mol. The fraction of sp³-hybridized carbons (Fsp3) is 0.500. The molecule has 1 heterocycles. The van der Waals surface area contributed by atoms with E-state index in [1.165, 1.54) is 0 Å².